The minimum absolute atomic E-state index is 0.386. The van der Waals surface area contributed by atoms with Gasteiger partial charge >= 0.3 is 6.01 Å². The molecule has 30 heavy (non-hydrogen) atoms. The first-order valence-corrected chi connectivity index (χ1v) is 9.67. The molecule has 0 unspecified atom stereocenters. The molecule has 8 nitrogen and oxygen atoms in total. The number of benzene rings is 2. The third kappa shape index (κ3) is 4.20. The maximum Gasteiger partial charge on any atom is 0.335 e. The van der Waals surface area contributed by atoms with Gasteiger partial charge in [-0.25, -0.2) is 9.78 Å². The van der Waals surface area contributed by atoms with Crippen LogP contribution in [-0.2, 0) is 13.0 Å². The lowest BCUT2D eigenvalue weighted by Gasteiger charge is -2.09. The molecule has 150 valence electrons. The van der Waals surface area contributed by atoms with Crippen LogP contribution in [0.4, 0.5) is 0 Å². The number of hydrogen-bond acceptors (Lipinski definition) is 6. The molecule has 0 saturated heterocycles. The van der Waals surface area contributed by atoms with Gasteiger partial charge < -0.3 is 4.74 Å². The van der Waals surface area contributed by atoms with Gasteiger partial charge in [-0.2, -0.15) is 4.98 Å². The van der Waals surface area contributed by atoms with Crippen LogP contribution in [0.15, 0.2) is 48.5 Å². The van der Waals surface area contributed by atoms with Gasteiger partial charge in [0.1, 0.15) is 5.82 Å². The zero-order chi connectivity index (χ0) is 20.8. The summed E-state index contributed by atoms with van der Waals surface area (Å²) in [6.45, 7) is 4.85. The Morgan fingerprint density at radius 2 is 1.87 bits per heavy atom. The Morgan fingerprint density at radius 1 is 1.07 bits per heavy atom. The zero-order valence-electron chi connectivity index (χ0n) is 16.8. The highest BCUT2D eigenvalue weighted by Crippen LogP contribution is 2.29. The van der Waals surface area contributed by atoms with E-state index in [4.69, 9.17) is 4.74 Å². The van der Waals surface area contributed by atoms with Crippen LogP contribution in [-0.4, -0.2) is 42.0 Å². The molecule has 0 aliphatic heterocycles. The van der Waals surface area contributed by atoms with E-state index in [0.29, 0.717) is 31.4 Å². The van der Waals surface area contributed by atoms with Crippen LogP contribution in [0, 0.1) is 11.8 Å². The van der Waals surface area contributed by atoms with Crippen molar-refractivity contribution in [3.8, 4) is 40.4 Å². The largest absolute Gasteiger partial charge is 0.463 e. The van der Waals surface area contributed by atoms with Crippen LogP contribution in [0.2, 0.25) is 0 Å². The summed E-state index contributed by atoms with van der Waals surface area (Å²) in [6, 6.07) is 16.8. The van der Waals surface area contributed by atoms with Crippen molar-refractivity contribution >= 4 is 0 Å². The van der Waals surface area contributed by atoms with E-state index in [0.717, 1.165) is 28.1 Å². The fourth-order valence-electron chi connectivity index (χ4n) is 3.14. The van der Waals surface area contributed by atoms with E-state index in [-0.39, 0.29) is 0 Å². The predicted molar refractivity (Wildman–Crippen MR) is 112 cm³/mol. The molecule has 2 aromatic carbocycles. The fraction of sp³-hybridized carbons (Fsp3) is 0.227. The maximum atomic E-state index is 5.46. The number of nitrogens with zero attached hydrogens (tertiary/aromatic N) is 6. The Balaban J connectivity index is 1.59. The topological polar surface area (TPSA) is 94.4 Å². The first-order chi connectivity index (χ1) is 14.8. The highest BCUT2D eigenvalue weighted by Gasteiger charge is 2.12. The Labute approximate surface area is 174 Å². The average Bonchev–Trinajstić information content (AvgIpc) is 3.44. The molecule has 0 saturated carbocycles. The molecule has 0 fully saturated rings. The van der Waals surface area contributed by atoms with Gasteiger partial charge in [-0.15, -0.1) is 16.1 Å². The second-order valence-electron chi connectivity index (χ2n) is 6.50. The molecule has 0 amide bonds. The van der Waals surface area contributed by atoms with Crippen molar-refractivity contribution in [3.63, 3.8) is 0 Å². The molecular formula is C22H21N7O. The summed E-state index contributed by atoms with van der Waals surface area (Å²) < 4.78 is 7.31. The van der Waals surface area contributed by atoms with Gasteiger partial charge in [0, 0.05) is 5.56 Å². The number of hydrogen-bond donors (Lipinski definition) is 1. The molecule has 0 atom stereocenters. The molecular weight excluding hydrogens is 378 g/mol. The molecule has 1 N–H and O–H groups in total. The van der Waals surface area contributed by atoms with E-state index in [2.05, 4.69) is 72.9 Å². The number of ether oxygens (including phenoxy) is 1. The Morgan fingerprint density at radius 3 is 2.57 bits per heavy atom. The summed E-state index contributed by atoms with van der Waals surface area (Å²) in [5.74, 6) is 7.38. The van der Waals surface area contributed by atoms with Gasteiger partial charge in [0.05, 0.1) is 19.6 Å². The second kappa shape index (κ2) is 9.01. The zero-order valence-corrected chi connectivity index (χ0v) is 16.8. The van der Waals surface area contributed by atoms with Crippen LogP contribution in [0.5, 0.6) is 6.01 Å². The van der Waals surface area contributed by atoms with Crippen molar-refractivity contribution in [3.05, 3.63) is 59.9 Å². The number of aromatic nitrogens is 7. The lowest BCUT2D eigenvalue weighted by Crippen LogP contribution is -2.06. The normalized spacial score (nSPS) is 10.5. The average molecular weight is 399 g/mol. The van der Waals surface area contributed by atoms with Gasteiger partial charge in [0.15, 0.2) is 5.82 Å². The van der Waals surface area contributed by atoms with E-state index < -0.39 is 0 Å². The SMILES string of the molecule is CC#CCc1nc(OCC)nn1Cc1ccc(-c2ccccc2-c2nnn[nH]2)cc1. The summed E-state index contributed by atoms with van der Waals surface area (Å²) in [7, 11) is 0. The van der Waals surface area contributed by atoms with E-state index in [1.807, 2.05) is 36.7 Å². The first kappa shape index (κ1) is 19.3. The standard InChI is InChI=1S/C22H21N7O/c1-3-5-10-20-23-22(30-4-2)26-29(20)15-16-11-13-17(14-12-16)18-8-6-7-9-19(18)21-24-27-28-25-21/h6-9,11-14H,4,10,15H2,1-2H3,(H,24,25,27,28). The maximum absolute atomic E-state index is 5.46. The monoisotopic (exact) mass is 399 g/mol. The van der Waals surface area contributed by atoms with E-state index in [1.54, 1.807) is 0 Å². The summed E-state index contributed by atoms with van der Waals surface area (Å²) in [5, 5.41) is 18.7. The highest BCUT2D eigenvalue weighted by atomic mass is 16.5. The molecule has 0 bridgehead atoms. The Bertz CT molecular complexity index is 1170. The van der Waals surface area contributed by atoms with Gasteiger partial charge in [-0.05, 0) is 41.0 Å². The van der Waals surface area contributed by atoms with Crippen LogP contribution in [0.1, 0.15) is 25.2 Å². The molecule has 4 rings (SSSR count). The molecule has 0 spiro atoms. The summed E-state index contributed by atoms with van der Waals surface area (Å²) in [4.78, 5) is 4.44. The summed E-state index contributed by atoms with van der Waals surface area (Å²) in [6.07, 6.45) is 0.535. The van der Waals surface area contributed by atoms with Crippen LogP contribution < -0.4 is 4.74 Å². The quantitative estimate of drug-likeness (QED) is 0.480. The van der Waals surface area contributed by atoms with Crippen molar-refractivity contribution in [2.24, 2.45) is 0 Å². The van der Waals surface area contributed by atoms with Gasteiger partial charge in [0.2, 0.25) is 0 Å². The second-order valence-corrected chi connectivity index (χ2v) is 6.50. The van der Waals surface area contributed by atoms with E-state index >= 15 is 0 Å². The minimum Gasteiger partial charge on any atom is -0.463 e. The third-order valence-electron chi connectivity index (χ3n) is 4.55. The van der Waals surface area contributed by atoms with Crippen molar-refractivity contribution < 1.29 is 4.74 Å². The number of tetrazole rings is 1. The Hall–Kier alpha value is -3.99. The molecule has 2 aromatic heterocycles. The summed E-state index contributed by atoms with van der Waals surface area (Å²) >= 11 is 0. The van der Waals surface area contributed by atoms with Crippen molar-refractivity contribution in [2.75, 3.05) is 6.61 Å². The van der Waals surface area contributed by atoms with Gasteiger partial charge in [-0.1, -0.05) is 54.5 Å². The highest BCUT2D eigenvalue weighted by molar-refractivity contribution is 5.80. The summed E-state index contributed by atoms with van der Waals surface area (Å²) in [5.41, 5.74) is 4.20. The van der Waals surface area contributed by atoms with Crippen LogP contribution in [0.25, 0.3) is 22.5 Å². The van der Waals surface area contributed by atoms with Gasteiger partial charge in [0.25, 0.3) is 0 Å². The molecule has 0 aliphatic rings. The smallest absolute Gasteiger partial charge is 0.335 e. The molecule has 0 radical (unpaired) electrons. The molecule has 8 heteroatoms. The van der Waals surface area contributed by atoms with Crippen LogP contribution >= 0.6 is 0 Å². The fourth-order valence-corrected chi connectivity index (χ4v) is 3.14. The molecule has 0 aliphatic carbocycles. The number of nitrogens with one attached hydrogen (secondary N) is 1. The first-order valence-electron chi connectivity index (χ1n) is 9.67. The number of aromatic amines is 1. The number of rotatable bonds is 7. The third-order valence-corrected chi connectivity index (χ3v) is 4.55. The van der Waals surface area contributed by atoms with E-state index in [9.17, 15) is 0 Å². The van der Waals surface area contributed by atoms with Crippen molar-refractivity contribution in [1.82, 2.24) is 35.4 Å². The van der Waals surface area contributed by atoms with Crippen LogP contribution in [0.3, 0.4) is 0 Å². The van der Waals surface area contributed by atoms with Gasteiger partial charge in [-0.3, -0.25) is 0 Å². The molecule has 4 aromatic rings. The van der Waals surface area contributed by atoms with Crippen molar-refractivity contribution in [1.29, 1.82) is 0 Å². The molecule has 2 heterocycles. The lowest BCUT2D eigenvalue weighted by atomic mass is 9.98. The van der Waals surface area contributed by atoms with Crippen molar-refractivity contribution in [2.45, 2.75) is 26.8 Å². The Kier molecular flexibility index (Phi) is 5.80. The lowest BCUT2D eigenvalue weighted by molar-refractivity contribution is 0.311. The predicted octanol–water partition coefficient (Wildman–Crippen LogP) is 3.14. The van der Waals surface area contributed by atoms with E-state index in [1.165, 1.54) is 0 Å². The number of H-pyrrole nitrogens is 1. The minimum atomic E-state index is 0.386.